The Balaban J connectivity index is 2.30. The number of hydrogen-bond acceptors (Lipinski definition) is 3. The Morgan fingerprint density at radius 1 is 1.30 bits per heavy atom. The summed E-state index contributed by atoms with van der Waals surface area (Å²) in [5, 5.41) is 12.0. The van der Waals surface area contributed by atoms with Crippen molar-refractivity contribution in [2.75, 3.05) is 12.4 Å². The normalized spacial score (nSPS) is 10.2. The summed E-state index contributed by atoms with van der Waals surface area (Å²) in [4.78, 5) is 12.1. The minimum Gasteiger partial charge on any atom is -0.508 e. The number of rotatable bonds is 3. The molecule has 0 atom stereocenters. The highest BCUT2D eigenvalue weighted by atomic mass is 19.1. The number of methoxy groups -OCH3 is 1. The van der Waals surface area contributed by atoms with Crippen LogP contribution in [0.4, 0.5) is 10.1 Å². The Labute approximate surface area is 115 Å². The SMILES string of the molecule is COc1cccc(F)c1C(=O)Nc1ccc(O)c(C)c1. The fraction of sp³-hybridized carbons (Fsp3) is 0.133. The van der Waals surface area contributed by atoms with Gasteiger partial charge in [0.15, 0.2) is 0 Å². The lowest BCUT2D eigenvalue weighted by molar-refractivity contribution is 0.102. The highest BCUT2D eigenvalue weighted by molar-refractivity contribution is 6.06. The largest absolute Gasteiger partial charge is 0.508 e. The molecular formula is C15H14FNO3. The highest BCUT2D eigenvalue weighted by Gasteiger charge is 2.17. The number of aryl methyl sites for hydroxylation is 1. The molecule has 104 valence electrons. The molecule has 0 heterocycles. The second-order valence-corrected chi connectivity index (χ2v) is 4.27. The smallest absolute Gasteiger partial charge is 0.262 e. The van der Waals surface area contributed by atoms with E-state index in [9.17, 15) is 14.3 Å². The molecule has 2 aromatic rings. The third kappa shape index (κ3) is 2.71. The van der Waals surface area contributed by atoms with Gasteiger partial charge in [-0.2, -0.15) is 0 Å². The van der Waals surface area contributed by atoms with Crippen LogP contribution in [0.5, 0.6) is 11.5 Å². The van der Waals surface area contributed by atoms with Crippen molar-refractivity contribution in [3.8, 4) is 11.5 Å². The van der Waals surface area contributed by atoms with Crippen LogP contribution in [0.25, 0.3) is 0 Å². The van der Waals surface area contributed by atoms with Crippen molar-refractivity contribution in [3.05, 3.63) is 53.3 Å². The fourth-order valence-electron chi connectivity index (χ4n) is 1.82. The summed E-state index contributed by atoms with van der Waals surface area (Å²) in [5.41, 5.74) is 0.930. The second kappa shape index (κ2) is 5.61. The predicted octanol–water partition coefficient (Wildman–Crippen LogP) is 3.10. The van der Waals surface area contributed by atoms with Gasteiger partial charge in [-0.3, -0.25) is 4.79 Å². The first kappa shape index (κ1) is 13.9. The zero-order valence-electron chi connectivity index (χ0n) is 11.1. The number of carbonyl (C=O) groups is 1. The minimum absolute atomic E-state index is 0.131. The third-order valence-electron chi connectivity index (χ3n) is 2.88. The molecule has 0 radical (unpaired) electrons. The molecule has 0 saturated heterocycles. The van der Waals surface area contributed by atoms with Gasteiger partial charge in [-0.1, -0.05) is 6.07 Å². The molecule has 0 aliphatic carbocycles. The number of phenolic OH excluding ortho intramolecular Hbond substituents is 1. The number of halogens is 1. The number of aromatic hydroxyl groups is 1. The first-order valence-electron chi connectivity index (χ1n) is 5.96. The Hall–Kier alpha value is -2.56. The molecule has 0 saturated carbocycles. The van der Waals surface area contributed by atoms with Crippen molar-refractivity contribution in [1.29, 1.82) is 0 Å². The molecule has 4 nitrogen and oxygen atoms in total. The van der Waals surface area contributed by atoms with E-state index in [2.05, 4.69) is 5.32 Å². The van der Waals surface area contributed by atoms with Crippen molar-refractivity contribution < 1.29 is 19.0 Å². The summed E-state index contributed by atoms with van der Waals surface area (Å²) in [6.07, 6.45) is 0. The Bertz CT molecular complexity index is 656. The standard InChI is InChI=1S/C15H14FNO3/c1-9-8-10(6-7-12(9)18)17-15(19)14-11(16)4-3-5-13(14)20-2/h3-8,18H,1-2H3,(H,17,19). The molecule has 0 bridgehead atoms. The molecule has 0 aliphatic heterocycles. The lowest BCUT2D eigenvalue weighted by Crippen LogP contribution is -2.15. The number of ether oxygens (including phenoxy) is 1. The van der Waals surface area contributed by atoms with E-state index in [1.54, 1.807) is 13.0 Å². The molecule has 1 amide bonds. The van der Waals surface area contributed by atoms with Crippen molar-refractivity contribution in [3.63, 3.8) is 0 Å². The van der Waals surface area contributed by atoms with Gasteiger partial charge in [0.1, 0.15) is 22.9 Å². The number of benzene rings is 2. The van der Waals surface area contributed by atoms with Crippen LogP contribution in [0.2, 0.25) is 0 Å². The summed E-state index contributed by atoms with van der Waals surface area (Å²) in [7, 11) is 1.37. The molecule has 2 aromatic carbocycles. The summed E-state index contributed by atoms with van der Waals surface area (Å²) < 4.78 is 18.7. The van der Waals surface area contributed by atoms with E-state index in [1.807, 2.05) is 0 Å². The Morgan fingerprint density at radius 3 is 2.70 bits per heavy atom. The number of amides is 1. The topological polar surface area (TPSA) is 58.6 Å². The molecule has 0 fully saturated rings. The zero-order valence-corrected chi connectivity index (χ0v) is 11.1. The Kier molecular flexibility index (Phi) is 3.89. The van der Waals surface area contributed by atoms with E-state index in [4.69, 9.17) is 4.74 Å². The first-order chi connectivity index (χ1) is 9.52. The maximum atomic E-state index is 13.8. The summed E-state index contributed by atoms with van der Waals surface area (Å²) in [5.74, 6) is -0.966. The van der Waals surface area contributed by atoms with Crippen LogP contribution in [-0.2, 0) is 0 Å². The molecule has 0 aliphatic rings. The number of nitrogens with one attached hydrogen (secondary N) is 1. The van der Waals surface area contributed by atoms with Crippen LogP contribution < -0.4 is 10.1 Å². The van der Waals surface area contributed by atoms with Crippen LogP contribution in [0.15, 0.2) is 36.4 Å². The second-order valence-electron chi connectivity index (χ2n) is 4.27. The van der Waals surface area contributed by atoms with Gasteiger partial charge in [0.05, 0.1) is 7.11 Å². The number of hydrogen-bond donors (Lipinski definition) is 2. The molecule has 5 heteroatoms. The van der Waals surface area contributed by atoms with E-state index in [1.165, 1.54) is 37.4 Å². The molecule has 2 rings (SSSR count). The minimum atomic E-state index is -0.655. The summed E-state index contributed by atoms with van der Waals surface area (Å²) in [6.45, 7) is 1.70. The molecule has 20 heavy (non-hydrogen) atoms. The van der Waals surface area contributed by atoms with Gasteiger partial charge in [-0.05, 0) is 42.8 Å². The van der Waals surface area contributed by atoms with Crippen LogP contribution in [0.1, 0.15) is 15.9 Å². The van der Waals surface area contributed by atoms with Crippen LogP contribution in [0.3, 0.4) is 0 Å². The van der Waals surface area contributed by atoms with E-state index in [0.717, 1.165) is 0 Å². The van der Waals surface area contributed by atoms with Gasteiger partial charge >= 0.3 is 0 Å². The van der Waals surface area contributed by atoms with Gasteiger partial charge in [0.2, 0.25) is 0 Å². The van der Waals surface area contributed by atoms with Crippen LogP contribution >= 0.6 is 0 Å². The molecule has 0 aromatic heterocycles. The third-order valence-corrected chi connectivity index (χ3v) is 2.88. The summed E-state index contributed by atoms with van der Waals surface area (Å²) >= 11 is 0. The lowest BCUT2D eigenvalue weighted by Gasteiger charge is -2.11. The van der Waals surface area contributed by atoms with Crippen molar-refractivity contribution >= 4 is 11.6 Å². The molecular weight excluding hydrogens is 261 g/mol. The van der Waals surface area contributed by atoms with Gasteiger partial charge in [0, 0.05) is 5.69 Å². The predicted molar refractivity (Wildman–Crippen MR) is 73.7 cm³/mol. The van der Waals surface area contributed by atoms with Gasteiger partial charge in [0.25, 0.3) is 5.91 Å². The van der Waals surface area contributed by atoms with Crippen LogP contribution in [-0.4, -0.2) is 18.1 Å². The summed E-state index contributed by atoms with van der Waals surface area (Å²) in [6, 6.07) is 8.77. The van der Waals surface area contributed by atoms with Crippen LogP contribution in [0, 0.1) is 12.7 Å². The monoisotopic (exact) mass is 275 g/mol. The van der Waals surface area contributed by atoms with Gasteiger partial charge in [-0.25, -0.2) is 4.39 Å². The van der Waals surface area contributed by atoms with E-state index in [-0.39, 0.29) is 17.1 Å². The van der Waals surface area contributed by atoms with E-state index < -0.39 is 11.7 Å². The quantitative estimate of drug-likeness (QED) is 0.846. The molecule has 0 unspecified atom stereocenters. The van der Waals surface area contributed by atoms with Crippen molar-refractivity contribution in [2.24, 2.45) is 0 Å². The first-order valence-corrected chi connectivity index (χ1v) is 5.96. The number of phenols is 1. The maximum Gasteiger partial charge on any atom is 0.262 e. The van der Waals surface area contributed by atoms with Gasteiger partial charge < -0.3 is 15.2 Å². The lowest BCUT2D eigenvalue weighted by atomic mass is 10.1. The maximum absolute atomic E-state index is 13.8. The van der Waals surface area contributed by atoms with Crippen molar-refractivity contribution in [2.45, 2.75) is 6.92 Å². The van der Waals surface area contributed by atoms with E-state index in [0.29, 0.717) is 11.3 Å². The number of carbonyl (C=O) groups excluding carboxylic acids is 1. The zero-order chi connectivity index (χ0) is 14.7. The van der Waals surface area contributed by atoms with E-state index >= 15 is 0 Å². The molecule has 0 spiro atoms. The Morgan fingerprint density at radius 2 is 2.05 bits per heavy atom. The highest BCUT2D eigenvalue weighted by Crippen LogP contribution is 2.24. The fourth-order valence-corrected chi connectivity index (χ4v) is 1.82. The average molecular weight is 275 g/mol. The number of anilines is 1. The van der Waals surface area contributed by atoms with Gasteiger partial charge in [-0.15, -0.1) is 0 Å². The van der Waals surface area contributed by atoms with Crippen molar-refractivity contribution in [1.82, 2.24) is 0 Å². The molecule has 2 N–H and O–H groups in total. The average Bonchev–Trinajstić information content (AvgIpc) is 2.42.